The van der Waals surface area contributed by atoms with Crippen LogP contribution in [0.2, 0.25) is 0 Å². The number of hydrogen-bond acceptors (Lipinski definition) is 1. The van der Waals surface area contributed by atoms with E-state index in [1.165, 1.54) is 43.2 Å². The smallest absolute Gasteiger partial charge is 0.00251 e. The van der Waals surface area contributed by atoms with E-state index in [1.807, 2.05) is 0 Å². The summed E-state index contributed by atoms with van der Waals surface area (Å²) in [5, 5.41) is 3.68. The average Bonchev–Trinajstić information content (AvgIpc) is 2.38. The Bertz CT molecular complexity index is 396. The predicted octanol–water partition coefficient (Wildman–Crippen LogP) is 4.97. The van der Waals surface area contributed by atoms with Crippen molar-refractivity contribution in [1.29, 1.82) is 0 Å². The lowest BCUT2D eigenvalue weighted by Gasteiger charge is -2.32. The Kier molecular flexibility index (Phi) is 5.65. The van der Waals surface area contributed by atoms with Gasteiger partial charge >= 0.3 is 0 Å². The van der Waals surface area contributed by atoms with E-state index < -0.39 is 0 Å². The van der Waals surface area contributed by atoms with Crippen molar-refractivity contribution in [2.45, 2.75) is 71.8 Å². The highest BCUT2D eigenvalue weighted by Crippen LogP contribution is 2.36. The fraction of sp³-hybridized carbons (Fsp3) is 0.684. The molecule has 0 saturated heterocycles. The van der Waals surface area contributed by atoms with Gasteiger partial charge in [0.1, 0.15) is 0 Å². The minimum atomic E-state index is 0.576. The maximum absolute atomic E-state index is 3.68. The molecule has 0 amide bonds. The van der Waals surface area contributed by atoms with E-state index in [0.29, 0.717) is 12.0 Å². The van der Waals surface area contributed by atoms with Gasteiger partial charge in [-0.3, -0.25) is 0 Å². The van der Waals surface area contributed by atoms with Crippen molar-refractivity contribution in [2.24, 2.45) is 5.92 Å². The lowest BCUT2D eigenvalue weighted by Crippen LogP contribution is -2.32. The summed E-state index contributed by atoms with van der Waals surface area (Å²) in [7, 11) is 0. The predicted molar refractivity (Wildman–Crippen MR) is 88.4 cm³/mol. The summed E-state index contributed by atoms with van der Waals surface area (Å²) in [6, 6.07) is 7.69. The Hall–Kier alpha value is -0.820. The zero-order valence-electron chi connectivity index (χ0n) is 13.7. The van der Waals surface area contributed by atoms with E-state index in [9.17, 15) is 0 Å². The number of aryl methyl sites for hydroxylation is 2. The van der Waals surface area contributed by atoms with E-state index in [0.717, 1.165) is 12.5 Å². The normalized spacial score (nSPS) is 18.4. The topological polar surface area (TPSA) is 12.0 Å². The van der Waals surface area contributed by atoms with Crippen molar-refractivity contribution in [3.05, 3.63) is 34.9 Å². The summed E-state index contributed by atoms with van der Waals surface area (Å²) < 4.78 is 0. The molecule has 1 aromatic carbocycles. The zero-order chi connectivity index (χ0) is 14.5. The molecule has 112 valence electrons. The number of rotatable bonds is 5. The minimum Gasteiger partial charge on any atom is -0.314 e. The van der Waals surface area contributed by atoms with Gasteiger partial charge in [-0.15, -0.1) is 0 Å². The van der Waals surface area contributed by atoms with Crippen molar-refractivity contribution < 1.29 is 0 Å². The van der Waals surface area contributed by atoms with Crippen LogP contribution >= 0.6 is 0 Å². The second-order valence-corrected chi connectivity index (χ2v) is 6.99. The van der Waals surface area contributed by atoms with Crippen molar-refractivity contribution in [2.75, 3.05) is 6.54 Å². The van der Waals surface area contributed by atoms with Gasteiger partial charge < -0.3 is 5.32 Å². The van der Waals surface area contributed by atoms with Crippen LogP contribution in [0.5, 0.6) is 0 Å². The molecule has 1 aromatic rings. The van der Waals surface area contributed by atoms with Gasteiger partial charge in [0.2, 0.25) is 0 Å². The fourth-order valence-corrected chi connectivity index (χ4v) is 3.68. The summed E-state index contributed by atoms with van der Waals surface area (Å²) in [4.78, 5) is 0. The van der Waals surface area contributed by atoms with Gasteiger partial charge in [-0.25, -0.2) is 0 Å². The highest BCUT2D eigenvalue weighted by atomic mass is 14.9. The van der Waals surface area contributed by atoms with Crippen LogP contribution in [0.4, 0.5) is 0 Å². The molecule has 1 aliphatic carbocycles. The average molecular weight is 273 g/mol. The van der Waals surface area contributed by atoms with Crippen molar-refractivity contribution >= 4 is 0 Å². The molecule has 0 spiro atoms. The van der Waals surface area contributed by atoms with Crippen LogP contribution in [0, 0.1) is 19.8 Å². The van der Waals surface area contributed by atoms with Crippen molar-refractivity contribution in [3.63, 3.8) is 0 Å². The van der Waals surface area contributed by atoms with Crippen LogP contribution in [-0.2, 0) is 0 Å². The Morgan fingerprint density at radius 2 is 1.60 bits per heavy atom. The van der Waals surface area contributed by atoms with Crippen molar-refractivity contribution in [1.82, 2.24) is 5.32 Å². The van der Waals surface area contributed by atoms with Crippen LogP contribution in [0.3, 0.4) is 0 Å². The first-order valence-electron chi connectivity index (χ1n) is 8.38. The van der Waals surface area contributed by atoms with Crippen LogP contribution in [0.15, 0.2) is 18.2 Å². The number of hydrogen-bond donors (Lipinski definition) is 1. The molecule has 1 fully saturated rings. The van der Waals surface area contributed by atoms with E-state index in [-0.39, 0.29) is 0 Å². The quantitative estimate of drug-likeness (QED) is 0.799. The first kappa shape index (κ1) is 15.6. The highest BCUT2D eigenvalue weighted by molar-refractivity contribution is 5.31. The monoisotopic (exact) mass is 273 g/mol. The second-order valence-electron chi connectivity index (χ2n) is 6.99. The molecule has 0 heterocycles. The molecule has 1 saturated carbocycles. The lowest BCUT2D eigenvalue weighted by atomic mass is 9.76. The summed E-state index contributed by atoms with van der Waals surface area (Å²) in [6.45, 7) is 10.1. The molecule has 1 heteroatoms. The molecular formula is C19H31N. The Morgan fingerprint density at radius 1 is 1.00 bits per heavy atom. The largest absolute Gasteiger partial charge is 0.314 e. The molecule has 0 aromatic heterocycles. The molecule has 2 rings (SSSR count). The Labute approximate surface area is 125 Å². The zero-order valence-corrected chi connectivity index (χ0v) is 13.7. The summed E-state index contributed by atoms with van der Waals surface area (Å²) >= 11 is 0. The van der Waals surface area contributed by atoms with Gasteiger partial charge in [-0.2, -0.15) is 0 Å². The Morgan fingerprint density at radius 3 is 2.15 bits per heavy atom. The molecule has 1 N–H and O–H groups in total. The standard InChI is InChI=1S/C19H31N/c1-14(2)20-13-19(17-8-6-5-7-9-17)18-11-15(3)10-16(4)12-18/h10-12,14,17,19-20H,5-9,13H2,1-4H3. The van der Waals surface area contributed by atoms with Gasteiger partial charge in [0.15, 0.2) is 0 Å². The van der Waals surface area contributed by atoms with Crippen LogP contribution in [-0.4, -0.2) is 12.6 Å². The second kappa shape index (κ2) is 7.26. The third kappa shape index (κ3) is 4.34. The van der Waals surface area contributed by atoms with Crippen LogP contribution in [0.1, 0.15) is 68.6 Å². The van der Waals surface area contributed by atoms with E-state index in [2.05, 4.69) is 51.2 Å². The Balaban J connectivity index is 2.19. The molecule has 0 bridgehead atoms. The van der Waals surface area contributed by atoms with Gasteiger partial charge in [-0.05, 0) is 44.1 Å². The molecule has 1 unspecified atom stereocenters. The van der Waals surface area contributed by atoms with Crippen LogP contribution < -0.4 is 5.32 Å². The van der Waals surface area contributed by atoms with E-state index >= 15 is 0 Å². The maximum atomic E-state index is 3.68. The molecule has 0 radical (unpaired) electrons. The van der Waals surface area contributed by atoms with Gasteiger partial charge in [0, 0.05) is 12.6 Å². The minimum absolute atomic E-state index is 0.576. The first-order chi connectivity index (χ1) is 9.56. The van der Waals surface area contributed by atoms with E-state index in [4.69, 9.17) is 0 Å². The first-order valence-corrected chi connectivity index (χ1v) is 8.38. The van der Waals surface area contributed by atoms with Crippen LogP contribution in [0.25, 0.3) is 0 Å². The molecule has 1 nitrogen and oxygen atoms in total. The highest BCUT2D eigenvalue weighted by Gasteiger charge is 2.25. The number of benzene rings is 1. The molecule has 0 aliphatic heterocycles. The number of nitrogens with one attached hydrogen (secondary N) is 1. The van der Waals surface area contributed by atoms with E-state index in [1.54, 1.807) is 5.56 Å². The fourth-order valence-electron chi connectivity index (χ4n) is 3.68. The maximum Gasteiger partial charge on any atom is 0.00251 e. The van der Waals surface area contributed by atoms with Gasteiger partial charge in [-0.1, -0.05) is 62.4 Å². The lowest BCUT2D eigenvalue weighted by molar-refractivity contribution is 0.293. The molecule has 20 heavy (non-hydrogen) atoms. The third-order valence-electron chi connectivity index (χ3n) is 4.64. The SMILES string of the molecule is Cc1cc(C)cc(C(CNC(C)C)C2CCCCC2)c1. The van der Waals surface area contributed by atoms with Gasteiger partial charge in [0.25, 0.3) is 0 Å². The summed E-state index contributed by atoms with van der Waals surface area (Å²) in [5.41, 5.74) is 4.37. The van der Waals surface area contributed by atoms with Gasteiger partial charge in [0.05, 0.1) is 0 Å². The molecular weight excluding hydrogens is 242 g/mol. The molecule has 1 aliphatic rings. The third-order valence-corrected chi connectivity index (χ3v) is 4.64. The molecule has 1 atom stereocenters. The summed E-state index contributed by atoms with van der Waals surface area (Å²) in [5.74, 6) is 1.56. The van der Waals surface area contributed by atoms with Crippen molar-refractivity contribution in [3.8, 4) is 0 Å². The summed E-state index contributed by atoms with van der Waals surface area (Å²) in [6.07, 6.45) is 7.11.